The fraction of sp³-hybridized carbons (Fsp3) is 0.417. The van der Waals surface area contributed by atoms with E-state index in [2.05, 4.69) is 0 Å². The van der Waals surface area contributed by atoms with E-state index in [1.807, 2.05) is 18.0 Å². The van der Waals surface area contributed by atoms with Gasteiger partial charge in [-0.25, -0.2) is 4.39 Å². The summed E-state index contributed by atoms with van der Waals surface area (Å²) in [5.41, 5.74) is 0.670. The minimum atomic E-state index is -0.188. The molecule has 15 heavy (non-hydrogen) atoms. The van der Waals surface area contributed by atoms with Crippen molar-refractivity contribution >= 4 is 5.78 Å². The Labute approximate surface area is 89.7 Å². The van der Waals surface area contributed by atoms with E-state index in [9.17, 15) is 9.18 Å². The highest BCUT2D eigenvalue weighted by atomic mass is 19.1. The van der Waals surface area contributed by atoms with Crippen LogP contribution in [0.2, 0.25) is 0 Å². The lowest BCUT2D eigenvalue weighted by Crippen LogP contribution is -2.21. The molecule has 0 bridgehead atoms. The number of nitrogens with zero attached hydrogens (tertiary/aromatic N) is 1. The monoisotopic (exact) mass is 209 g/mol. The molecule has 82 valence electrons. The fourth-order valence-electron chi connectivity index (χ4n) is 1.34. The summed E-state index contributed by atoms with van der Waals surface area (Å²) < 4.78 is 13.3. The predicted molar refractivity (Wildman–Crippen MR) is 58.0 cm³/mol. The molecular formula is C12H16FNO. The van der Waals surface area contributed by atoms with E-state index in [0.29, 0.717) is 25.1 Å². The van der Waals surface area contributed by atoms with Crippen LogP contribution in [-0.2, 0) is 11.3 Å². The highest BCUT2D eigenvalue weighted by Crippen LogP contribution is 2.08. The molecule has 0 amide bonds. The van der Waals surface area contributed by atoms with E-state index in [0.717, 1.165) is 0 Å². The van der Waals surface area contributed by atoms with E-state index in [4.69, 9.17) is 0 Å². The van der Waals surface area contributed by atoms with Crippen LogP contribution in [0.3, 0.4) is 0 Å². The first-order valence-electron chi connectivity index (χ1n) is 5.01. The van der Waals surface area contributed by atoms with Gasteiger partial charge in [0.25, 0.3) is 0 Å². The van der Waals surface area contributed by atoms with Crippen LogP contribution in [0.25, 0.3) is 0 Å². The molecule has 0 aliphatic heterocycles. The maximum Gasteiger partial charge on any atom is 0.131 e. The van der Waals surface area contributed by atoms with E-state index in [-0.39, 0.29) is 11.6 Å². The molecule has 0 radical (unpaired) electrons. The highest BCUT2D eigenvalue weighted by molar-refractivity contribution is 5.75. The summed E-state index contributed by atoms with van der Waals surface area (Å²) in [6.07, 6.45) is 0.519. The van der Waals surface area contributed by atoms with E-state index < -0.39 is 0 Å². The number of carbonyl (C=O) groups is 1. The number of carbonyl (C=O) groups excluding carboxylic acids is 1. The molecule has 0 saturated carbocycles. The molecule has 0 aromatic heterocycles. The molecule has 0 aliphatic carbocycles. The van der Waals surface area contributed by atoms with Crippen LogP contribution in [0.15, 0.2) is 24.3 Å². The first kappa shape index (κ1) is 11.9. The van der Waals surface area contributed by atoms with Crippen molar-refractivity contribution in [3.05, 3.63) is 35.6 Å². The van der Waals surface area contributed by atoms with Crippen molar-refractivity contribution < 1.29 is 9.18 Å². The Morgan fingerprint density at radius 3 is 2.67 bits per heavy atom. The Balaban J connectivity index is 2.47. The molecule has 1 rings (SSSR count). The SMILES string of the molecule is CC(=O)CCN(C)Cc1ccccc1F. The Kier molecular flexibility index (Phi) is 4.43. The van der Waals surface area contributed by atoms with Crippen LogP contribution >= 0.6 is 0 Å². The second-order valence-electron chi connectivity index (χ2n) is 3.78. The summed E-state index contributed by atoms with van der Waals surface area (Å²) in [5.74, 6) is -0.0254. The second-order valence-corrected chi connectivity index (χ2v) is 3.78. The van der Waals surface area contributed by atoms with Crippen LogP contribution in [0.1, 0.15) is 18.9 Å². The molecule has 3 heteroatoms. The molecule has 0 saturated heterocycles. The smallest absolute Gasteiger partial charge is 0.131 e. The molecule has 0 fully saturated rings. The van der Waals surface area contributed by atoms with Gasteiger partial charge >= 0.3 is 0 Å². The number of Topliss-reactive ketones (excluding diaryl/α,β-unsaturated/α-hetero) is 1. The Hall–Kier alpha value is -1.22. The lowest BCUT2D eigenvalue weighted by atomic mass is 10.2. The minimum absolute atomic E-state index is 0.162. The zero-order chi connectivity index (χ0) is 11.3. The van der Waals surface area contributed by atoms with Gasteiger partial charge in [0.1, 0.15) is 11.6 Å². The minimum Gasteiger partial charge on any atom is -0.302 e. The highest BCUT2D eigenvalue weighted by Gasteiger charge is 2.05. The largest absolute Gasteiger partial charge is 0.302 e. The normalized spacial score (nSPS) is 10.7. The van der Waals surface area contributed by atoms with E-state index in [1.165, 1.54) is 6.07 Å². The Morgan fingerprint density at radius 2 is 2.07 bits per heavy atom. The summed E-state index contributed by atoms with van der Waals surface area (Å²) in [6, 6.07) is 6.71. The standard InChI is InChI=1S/C12H16FNO/c1-10(15)7-8-14(2)9-11-5-3-4-6-12(11)13/h3-6H,7-9H2,1-2H3. The first-order chi connectivity index (χ1) is 7.09. The van der Waals surface area contributed by atoms with Crippen molar-refractivity contribution in [2.45, 2.75) is 19.9 Å². The number of halogens is 1. The lowest BCUT2D eigenvalue weighted by molar-refractivity contribution is -0.117. The van der Waals surface area contributed by atoms with Crippen molar-refractivity contribution in [2.75, 3.05) is 13.6 Å². The molecular weight excluding hydrogens is 193 g/mol. The summed E-state index contributed by atoms with van der Waals surface area (Å²) in [7, 11) is 1.88. The zero-order valence-electron chi connectivity index (χ0n) is 9.16. The van der Waals surface area contributed by atoms with Crippen LogP contribution in [0.4, 0.5) is 4.39 Å². The Morgan fingerprint density at radius 1 is 1.40 bits per heavy atom. The topological polar surface area (TPSA) is 20.3 Å². The van der Waals surface area contributed by atoms with Gasteiger partial charge in [-0.1, -0.05) is 18.2 Å². The van der Waals surface area contributed by atoms with Crippen LogP contribution < -0.4 is 0 Å². The van der Waals surface area contributed by atoms with Crippen molar-refractivity contribution in [3.8, 4) is 0 Å². The van der Waals surface area contributed by atoms with Gasteiger partial charge in [-0.15, -0.1) is 0 Å². The van der Waals surface area contributed by atoms with E-state index >= 15 is 0 Å². The molecule has 0 atom stereocenters. The van der Waals surface area contributed by atoms with Crippen molar-refractivity contribution in [1.29, 1.82) is 0 Å². The third-order valence-electron chi connectivity index (χ3n) is 2.24. The van der Waals surface area contributed by atoms with Gasteiger partial charge in [-0.05, 0) is 20.0 Å². The number of ketones is 1. The third kappa shape index (κ3) is 4.21. The van der Waals surface area contributed by atoms with Gasteiger partial charge in [-0.3, -0.25) is 4.79 Å². The summed E-state index contributed by atoms with van der Waals surface area (Å²) in [5, 5.41) is 0. The van der Waals surface area contributed by atoms with Crippen molar-refractivity contribution in [3.63, 3.8) is 0 Å². The average molecular weight is 209 g/mol. The second kappa shape index (κ2) is 5.61. The maximum absolute atomic E-state index is 13.3. The van der Waals surface area contributed by atoms with Gasteiger partial charge < -0.3 is 4.90 Å². The molecule has 0 aliphatic rings. The van der Waals surface area contributed by atoms with Gasteiger partial charge in [0.15, 0.2) is 0 Å². The van der Waals surface area contributed by atoms with Crippen molar-refractivity contribution in [2.24, 2.45) is 0 Å². The first-order valence-corrected chi connectivity index (χ1v) is 5.01. The molecule has 0 spiro atoms. The Bertz CT molecular complexity index is 338. The zero-order valence-corrected chi connectivity index (χ0v) is 9.16. The van der Waals surface area contributed by atoms with Gasteiger partial charge in [0.2, 0.25) is 0 Å². The average Bonchev–Trinajstić information content (AvgIpc) is 2.18. The maximum atomic E-state index is 13.3. The molecule has 0 unspecified atom stereocenters. The number of hydrogen-bond donors (Lipinski definition) is 0. The fourth-order valence-corrected chi connectivity index (χ4v) is 1.34. The molecule has 0 heterocycles. The van der Waals surface area contributed by atoms with Crippen LogP contribution in [-0.4, -0.2) is 24.3 Å². The lowest BCUT2D eigenvalue weighted by Gasteiger charge is -2.15. The number of hydrogen-bond acceptors (Lipinski definition) is 2. The van der Waals surface area contributed by atoms with Gasteiger partial charge in [0.05, 0.1) is 0 Å². The molecule has 1 aromatic carbocycles. The number of rotatable bonds is 5. The predicted octanol–water partition coefficient (Wildman–Crippen LogP) is 2.24. The van der Waals surface area contributed by atoms with Crippen LogP contribution in [0, 0.1) is 5.82 Å². The molecule has 2 nitrogen and oxygen atoms in total. The van der Waals surface area contributed by atoms with E-state index in [1.54, 1.807) is 19.1 Å². The van der Waals surface area contributed by atoms with Crippen molar-refractivity contribution in [1.82, 2.24) is 4.90 Å². The van der Waals surface area contributed by atoms with Gasteiger partial charge in [-0.2, -0.15) is 0 Å². The number of benzene rings is 1. The van der Waals surface area contributed by atoms with Gasteiger partial charge in [0, 0.05) is 25.1 Å². The quantitative estimate of drug-likeness (QED) is 0.741. The summed E-state index contributed by atoms with van der Waals surface area (Å²) in [4.78, 5) is 12.7. The third-order valence-corrected chi connectivity index (χ3v) is 2.24. The molecule has 1 aromatic rings. The summed E-state index contributed by atoms with van der Waals surface area (Å²) >= 11 is 0. The molecule has 0 N–H and O–H groups in total. The summed E-state index contributed by atoms with van der Waals surface area (Å²) in [6.45, 7) is 2.78. The van der Waals surface area contributed by atoms with Crippen LogP contribution in [0.5, 0.6) is 0 Å².